The number of rotatable bonds is 0. The molecule has 0 spiro atoms. The van der Waals surface area contributed by atoms with Gasteiger partial charge in [0.2, 0.25) is 0 Å². The highest BCUT2D eigenvalue weighted by Gasteiger charge is 2.16. The van der Waals surface area contributed by atoms with Crippen LogP contribution in [0.1, 0.15) is 23.1 Å². The van der Waals surface area contributed by atoms with Gasteiger partial charge in [0.15, 0.2) is 0 Å². The Morgan fingerprint density at radius 2 is 2.15 bits per heavy atom. The zero-order chi connectivity index (χ0) is 9.42. The van der Waals surface area contributed by atoms with E-state index in [1.807, 2.05) is 6.92 Å². The number of nitrogens with two attached hydrogens (primary N) is 1. The van der Waals surface area contributed by atoms with Gasteiger partial charge in [-0.3, -0.25) is 0 Å². The Hall–Kier alpha value is -0.530. The molecule has 1 aromatic rings. The highest BCUT2D eigenvalue weighted by atomic mass is 35.5. The van der Waals surface area contributed by atoms with Gasteiger partial charge in [-0.15, -0.1) is 0 Å². The van der Waals surface area contributed by atoms with Crippen LogP contribution in [0.2, 0.25) is 5.02 Å². The number of hydrogen-bond acceptors (Lipinski definition) is 1. The molecule has 1 unspecified atom stereocenters. The fourth-order valence-corrected chi connectivity index (χ4v) is 2.12. The summed E-state index contributed by atoms with van der Waals surface area (Å²) in [6.45, 7) is 2.04. The SMILES string of the molecule is Cc1cc2c(cc1Cl)CCC(N)C2. The standard InChI is InChI=1S/C11H14ClN/c1-7-4-9-5-10(13)3-2-8(9)6-11(7)12/h4,6,10H,2-3,5,13H2,1H3. The maximum Gasteiger partial charge on any atom is 0.0438 e. The molecule has 1 atom stereocenters. The van der Waals surface area contributed by atoms with Crippen molar-refractivity contribution in [3.8, 4) is 0 Å². The summed E-state index contributed by atoms with van der Waals surface area (Å²) in [6, 6.07) is 4.61. The molecule has 1 aliphatic carbocycles. The summed E-state index contributed by atoms with van der Waals surface area (Å²) >= 11 is 6.05. The first-order valence-corrected chi connectivity index (χ1v) is 5.08. The first-order valence-electron chi connectivity index (χ1n) is 4.70. The highest BCUT2D eigenvalue weighted by Crippen LogP contribution is 2.26. The lowest BCUT2D eigenvalue weighted by molar-refractivity contribution is 0.576. The van der Waals surface area contributed by atoms with Crippen molar-refractivity contribution in [3.05, 3.63) is 33.8 Å². The lowest BCUT2D eigenvalue weighted by atomic mass is 9.88. The van der Waals surface area contributed by atoms with E-state index in [0.29, 0.717) is 6.04 Å². The fraction of sp³-hybridized carbons (Fsp3) is 0.455. The fourth-order valence-electron chi connectivity index (χ4n) is 1.93. The maximum atomic E-state index is 6.05. The largest absolute Gasteiger partial charge is 0.327 e. The molecule has 0 amide bonds. The van der Waals surface area contributed by atoms with Crippen LogP contribution >= 0.6 is 11.6 Å². The Labute approximate surface area is 83.9 Å². The van der Waals surface area contributed by atoms with E-state index in [0.717, 1.165) is 29.8 Å². The summed E-state index contributed by atoms with van der Waals surface area (Å²) in [5.74, 6) is 0. The van der Waals surface area contributed by atoms with E-state index in [4.69, 9.17) is 17.3 Å². The molecule has 0 aromatic heterocycles. The molecular formula is C11H14ClN. The van der Waals surface area contributed by atoms with E-state index in [1.165, 1.54) is 11.1 Å². The number of benzene rings is 1. The van der Waals surface area contributed by atoms with E-state index in [-0.39, 0.29) is 0 Å². The van der Waals surface area contributed by atoms with E-state index in [1.54, 1.807) is 0 Å². The van der Waals surface area contributed by atoms with Gasteiger partial charge in [-0.2, -0.15) is 0 Å². The number of halogens is 1. The number of aryl methyl sites for hydroxylation is 2. The van der Waals surface area contributed by atoms with Gasteiger partial charge in [-0.25, -0.2) is 0 Å². The second-order valence-electron chi connectivity index (χ2n) is 3.87. The van der Waals surface area contributed by atoms with Gasteiger partial charge < -0.3 is 5.73 Å². The molecule has 1 nitrogen and oxygen atoms in total. The molecule has 0 aliphatic heterocycles. The van der Waals surface area contributed by atoms with E-state index in [9.17, 15) is 0 Å². The summed E-state index contributed by atoms with van der Waals surface area (Å²) < 4.78 is 0. The van der Waals surface area contributed by atoms with Crippen molar-refractivity contribution < 1.29 is 0 Å². The zero-order valence-corrected chi connectivity index (χ0v) is 8.56. The summed E-state index contributed by atoms with van der Waals surface area (Å²) in [6.07, 6.45) is 3.18. The molecule has 2 rings (SSSR count). The van der Waals surface area contributed by atoms with Crippen LogP contribution in [0.4, 0.5) is 0 Å². The summed E-state index contributed by atoms with van der Waals surface area (Å²) in [5, 5.41) is 0.884. The van der Waals surface area contributed by atoms with Gasteiger partial charge in [-0.1, -0.05) is 17.7 Å². The molecule has 1 aromatic carbocycles. The molecule has 2 heteroatoms. The van der Waals surface area contributed by atoms with Gasteiger partial charge in [0, 0.05) is 11.1 Å². The first kappa shape index (κ1) is 9.04. The minimum Gasteiger partial charge on any atom is -0.327 e. The van der Waals surface area contributed by atoms with Crippen molar-refractivity contribution in [2.75, 3.05) is 0 Å². The van der Waals surface area contributed by atoms with Gasteiger partial charge in [0.1, 0.15) is 0 Å². The molecule has 0 heterocycles. The second-order valence-corrected chi connectivity index (χ2v) is 4.28. The van der Waals surface area contributed by atoms with Gasteiger partial charge in [-0.05, 0) is 48.9 Å². The van der Waals surface area contributed by atoms with Crippen LogP contribution in [0.5, 0.6) is 0 Å². The summed E-state index contributed by atoms with van der Waals surface area (Å²) in [4.78, 5) is 0. The average Bonchev–Trinajstić information content (AvgIpc) is 2.08. The Kier molecular flexibility index (Phi) is 2.31. The molecule has 13 heavy (non-hydrogen) atoms. The van der Waals surface area contributed by atoms with E-state index < -0.39 is 0 Å². The van der Waals surface area contributed by atoms with Crippen molar-refractivity contribution in [2.45, 2.75) is 32.2 Å². The molecule has 0 radical (unpaired) electrons. The third-order valence-corrected chi connectivity index (χ3v) is 3.15. The van der Waals surface area contributed by atoms with Crippen LogP contribution in [-0.4, -0.2) is 6.04 Å². The van der Waals surface area contributed by atoms with Crippen LogP contribution in [0.3, 0.4) is 0 Å². The van der Waals surface area contributed by atoms with Crippen LogP contribution in [0.25, 0.3) is 0 Å². The van der Waals surface area contributed by atoms with Gasteiger partial charge in [0.25, 0.3) is 0 Å². The number of fused-ring (bicyclic) bond motifs is 1. The smallest absolute Gasteiger partial charge is 0.0438 e. The predicted octanol–water partition coefficient (Wildman–Crippen LogP) is 2.46. The average molecular weight is 196 g/mol. The van der Waals surface area contributed by atoms with Gasteiger partial charge >= 0.3 is 0 Å². The van der Waals surface area contributed by atoms with Crippen LogP contribution in [0.15, 0.2) is 12.1 Å². The zero-order valence-electron chi connectivity index (χ0n) is 7.81. The maximum absolute atomic E-state index is 6.05. The molecule has 1 aliphatic rings. The molecule has 0 saturated carbocycles. The topological polar surface area (TPSA) is 26.0 Å². The van der Waals surface area contributed by atoms with Crippen molar-refractivity contribution in [2.24, 2.45) is 5.73 Å². The van der Waals surface area contributed by atoms with Crippen molar-refractivity contribution in [1.29, 1.82) is 0 Å². The Bertz CT molecular complexity index is 333. The molecule has 0 saturated heterocycles. The summed E-state index contributed by atoms with van der Waals surface area (Å²) in [7, 11) is 0. The molecular weight excluding hydrogens is 182 g/mol. The monoisotopic (exact) mass is 195 g/mol. The van der Waals surface area contributed by atoms with Crippen molar-refractivity contribution >= 4 is 11.6 Å². The Morgan fingerprint density at radius 1 is 1.38 bits per heavy atom. The van der Waals surface area contributed by atoms with Crippen molar-refractivity contribution in [3.63, 3.8) is 0 Å². The summed E-state index contributed by atoms with van der Waals surface area (Å²) in [5.41, 5.74) is 9.84. The van der Waals surface area contributed by atoms with Crippen molar-refractivity contribution in [1.82, 2.24) is 0 Å². The molecule has 0 fully saturated rings. The van der Waals surface area contributed by atoms with Crippen LogP contribution in [0, 0.1) is 6.92 Å². The van der Waals surface area contributed by atoms with Crippen LogP contribution < -0.4 is 5.73 Å². The van der Waals surface area contributed by atoms with Crippen LogP contribution in [-0.2, 0) is 12.8 Å². The van der Waals surface area contributed by atoms with E-state index >= 15 is 0 Å². The second kappa shape index (κ2) is 3.32. The molecule has 2 N–H and O–H groups in total. The predicted molar refractivity (Wildman–Crippen MR) is 56.2 cm³/mol. The Morgan fingerprint density at radius 3 is 2.92 bits per heavy atom. The quantitative estimate of drug-likeness (QED) is 0.676. The molecule has 0 bridgehead atoms. The minimum absolute atomic E-state index is 0.341. The third kappa shape index (κ3) is 1.72. The lowest BCUT2D eigenvalue weighted by Gasteiger charge is -2.22. The third-order valence-electron chi connectivity index (χ3n) is 2.75. The molecule has 70 valence electrons. The van der Waals surface area contributed by atoms with Gasteiger partial charge in [0.05, 0.1) is 0 Å². The number of hydrogen-bond donors (Lipinski definition) is 1. The lowest BCUT2D eigenvalue weighted by Crippen LogP contribution is -2.27. The normalized spacial score (nSPS) is 21.3. The highest BCUT2D eigenvalue weighted by molar-refractivity contribution is 6.31. The van der Waals surface area contributed by atoms with E-state index in [2.05, 4.69) is 12.1 Å². The Balaban J connectivity index is 2.43. The first-order chi connectivity index (χ1) is 6.16. The minimum atomic E-state index is 0.341.